The summed E-state index contributed by atoms with van der Waals surface area (Å²) in [6.45, 7) is 8.40. The highest BCUT2D eigenvalue weighted by Crippen LogP contribution is 2.28. The molecule has 0 saturated heterocycles. The number of aliphatic hydroxyl groups is 1. The van der Waals surface area contributed by atoms with Crippen molar-refractivity contribution >= 4 is 22.7 Å². The minimum Gasteiger partial charge on any atom is -0.395 e. The first-order valence-corrected chi connectivity index (χ1v) is 8.35. The summed E-state index contributed by atoms with van der Waals surface area (Å²) >= 11 is 1.64. The van der Waals surface area contributed by atoms with Crippen LogP contribution >= 0.6 is 11.8 Å². The Kier molecular flexibility index (Phi) is 6.03. The van der Waals surface area contributed by atoms with Gasteiger partial charge in [-0.05, 0) is 30.2 Å². The molecule has 1 heterocycles. The van der Waals surface area contributed by atoms with E-state index in [9.17, 15) is 5.11 Å². The Bertz CT molecular complexity index is 586. The number of hydrogen-bond acceptors (Lipinski definition) is 4. The van der Waals surface area contributed by atoms with Crippen molar-refractivity contribution in [1.29, 1.82) is 0 Å². The van der Waals surface area contributed by atoms with E-state index < -0.39 is 0 Å². The summed E-state index contributed by atoms with van der Waals surface area (Å²) in [5.74, 6) is 0.630. The number of nitrogens with one attached hydrogen (secondary N) is 1. The summed E-state index contributed by atoms with van der Waals surface area (Å²) in [5, 5.41) is 15.1. The number of para-hydroxylation sites is 1. The number of nitrogens with zero attached hydrogens (tertiary/aromatic N) is 1. The van der Waals surface area contributed by atoms with Gasteiger partial charge < -0.3 is 10.4 Å². The van der Waals surface area contributed by atoms with Crippen molar-refractivity contribution < 1.29 is 5.11 Å². The van der Waals surface area contributed by atoms with Crippen LogP contribution in [0.25, 0.3) is 10.9 Å². The van der Waals surface area contributed by atoms with Gasteiger partial charge in [0.25, 0.3) is 0 Å². The van der Waals surface area contributed by atoms with Gasteiger partial charge in [-0.3, -0.25) is 0 Å². The molecular weight excluding hydrogens is 280 g/mol. The minimum absolute atomic E-state index is 0.155. The molecule has 1 aromatic carbocycles. The predicted octanol–water partition coefficient (Wildman–Crippen LogP) is 3.45. The molecule has 3 nitrogen and oxygen atoms in total. The monoisotopic (exact) mass is 304 g/mol. The third-order valence-electron chi connectivity index (χ3n) is 3.20. The van der Waals surface area contributed by atoms with Crippen LogP contribution in [0.2, 0.25) is 0 Å². The summed E-state index contributed by atoms with van der Waals surface area (Å²) in [6.07, 6.45) is 0. The summed E-state index contributed by atoms with van der Waals surface area (Å²) in [7, 11) is 0. The van der Waals surface area contributed by atoms with Crippen LogP contribution in [-0.2, 0) is 6.54 Å². The first-order chi connectivity index (χ1) is 10.1. The Balaban J connectivity index is 2.27. The molecule has 4 heteroatoms. The van der Waals surface area contributed by atoms with Crippen molar-refractivity contribution in [2.45, 2.75) is 37.6 Å². The Morgan fingerprint density at radius 1 is 1.24 bits per heavy atom. The van der Waals surface area contributed by atoms with E-state index in [1.165, 1.54) is 10.9 Å². The topological polar surface area (TPSA) is 45.2 Å². The predicted molar refractivity (Wildman–Crippen MR) is 90.7 cm³/mol. The maximum Gasteiger partial charge on any atom is 0.102 e. The zero-order valence-corrected chi connectivity index (χ0v) is 13.8. The Morgan fingerprint density at radius 3 is 2.71 bits per heavy atom. The number of pyridine rings is 1. The van der Waals surface area contributed by atoms with Crippen LogP contribution in [0.5, 0.6) is 0 Å². The number of aliphatic hydroxyl groups excluding tert-OH is 1. The second-order valence-electron chi connectivity index (χ2n) is 5.78. The third-order valence-corrected chi connectivity index (χ3v) is 4.33. The number of hydrogen-bond donors (Lipinski definition) is 2. The van der Waals surface area contributed by atoms with Crippen molar-refractivity contribution in [2.24, 2.45) is 5.92 Å². The lowest BCUT2D eigenvalue weighted by atomic mass is 10.1. The van der Waals surface area contributed by atoms with Crippen LogP contribution in [0.3, 0.4) is 0 Å². The Morgan fingerprint density at radius 2 is 2.00 bits per heavy atom. The van der Waals surface area contributed by atoms with E-state index in [0.29, 0.717) is 5.92 Å². The molecule has 21 heavy (non-hydrogen) atoms. The highest BCUT2D eigenvalue weighted by atomic mass is 32.2. The quantitative estimate of drug-likeness (QED) is 0.769. The molecule has 0 bridgehead atoms. The molecule has 0 aliphatic rings. The van der Waals surface area contributed by atoms with E-state index in [1.807, 2.05) is 25.1 Å². The van der Waals surface area contributed by atoms with E-state index in [0.717, 1.165) is 23.6 Å². The van der Waals surface area contributed by atoms with Gasteiger partial charge >= 0.3 is 0 Å². The lowest BCUT2D eigenvalue weighted by Crippen LogP contribution is -2.19. The van der Waals surface area contributed by atoms with Gasteiger partial charge in [-0.1, -0.05) is 39.0 Å². The summed E-state index contributed by atoms with van der Waals surface area (Å²) in [4.78, 5) is 4.77. The smallest absolute Gasteiger partial charge is 0.102 e. The second-order valence-corrected chi connectivity index (χ2v) is 7.21. The number of thioether (sulfide) groups is 1. The molecule has 0 aliphatic carbocycles. The van der Waals surface area contributed by atoms with Crippen molar-refractivity contribution in [3.05, 3.63) is 35.9 Å². The first-order valence-electron chi connectivity index (χ1n) is 7.47. The van der Waals surface area contributed by atoms with Crippen molar-refractivity contribution in [3.8, 4) is 0 Å². The Labute approximate surface area is 131 Å². The summed E-state index contributed by atoms with van der Waals surface area (Å²) in [5.41, 5.74) is 2.22. The van der Waals surface area contributed by atoms with E-state index >= 15 is 0 Å². The van der Waals surface area contributed by atoms with Gasteiger partial charge in [-0.2, -0.15) is 0 Å². The number of benzene rings is 1. The molecule has 2 rings (SSSR count). The number of fused-ring (bicyclic) bond motifs is 1. The van der Waals surface area contributed by atoms with E-state index in [1.54, 1.807) is 11.8 Å². The molecule has 2 aromatic rings. The van der Waals surface area contributed by atoms with Crippen LogP contribution in [0.1, 0.15) is 26.3 Å². The highest BCUT2D eigenvalue weighted by molar-refractivity contribution is 7.99. The van der Waals surface area contributed by atoms with Gasteiger partial charge in [0.2, 0.25) is 0 Å². The zero-order chi connectivity index (χ0) is 15.2. The summed E-state index contributed by atoms with van der Waals surface area (Å²) < 4.78 is 0. The molecule has 1 atom stereocenters. The van der Waals surface area contributed by atoms with E-state index in [-0.39, 0.29) is 11.9 Å². The molecule has 0 radical (unpaired) electrons. The molecule has 114 valence electrons. The van der Waals surface area contributed by atoms with Gasteiger partial charge in [0.15, 0.2) is 0 Å². The highest BCUT2D eigenvalue weighted by Gasteiger charge is 2.11. The van der Waals surface area contributed by atoms with Gasteiger partial charge in [0.1, 0.15) is 5.03 Å². The lowest BCUT2D eigenvalue weighted by Gasteiger charge is -2.14. The fourth-order valence-corrected chi connectivity index (χ4v) is 2.98. The summed E-state index contributed by atoms with van der Waals surface area (Å²) in [6, 6.07) is 10.4. The zero-order valence-electron chi connectivity index (χ0n) is 13.0. The van der Waals surface area contributed by atoms with Crippen LogP contribution < -0.4 is 5.32 Å². The minimum atomic E-state index is 0.155. The molecule has 1 aromatic heterocycles. The van der Waals surface area contributed by atoms with Crippen molar-refractivity contribution in [3.63, 3.8) is 0 Å². The molecule has 0 saturated carbocycles. The van der Waals surface area contributed by atoms with Crippen molar-refractivity contribution in [1.82, 2.24) is 10.3 Å². The molecule has 0 spiro atoms. The molecular formula is C17H24N2OS. The fraction of sp³-hybridized carbons (Fsp3) is 0.471. The van der Waals surface area contributed by atoms with E-state index in [4.69, 9.17) is 4.98 Å². The molecule has 0 amide bonds. The van der Waals surface area contributed by atoms with E-state index in [2.05, 4.69) is 31.3 Å². The van der Waals surface area contributed by atoms with Crippen LogP contribution in [0.15, 0.2) is 35.4 Å². The maximum absolute atomic E-state index is 9.28. The van der Waals surface area contributed by atoms with Crippen LogP contribution in [-0.4, -0.2) is 28.5 Å². The van der Waals surface area contributed by atoms with Gasteiger partial charge in [0.05, 0.1) is 12.1 Å². The normalized spacial score (nSPS) is 13.0. The molecule has 2 N–H and O–H groups in total. The fourth-order valence-electron chi connectivity index (χ4n) is 2.09. The first kappa shape index (κ1) is 16.3. The van der Waals surface area contributed by atoms with Crippen molar-refractivity contribution in [2.75, 3.05) is 13.2 Å². The number of rotatable bonds is 7. The standard InChI is InChI=1S/C17H24N2OS/c1-12(2)9-18-10-15-8-14-6-4-5-7-16(14)19-17(15)21-13(3)11-20/h4-8,12-13,18,20H,9-11H2,1-3H3. The third kappa shape index (κ3) is 4.70. The second kappa shape index (κ2) is 7.78. The lowest BCUT2D eigenvalue weighted by molar-refractivity contribution is 0.300. The van der Waals surface area contributed by atoms with Gasteiger partial charge in [0, 0.05) is 17.2 Å². The maximum atomic E-state index is 9.28. The van der Waals surface area contributed by atoms with Crippen LogP contribution in [0, 0.1) is 5.92 Å². The van der Waals surface area contributed by atoms with Crippen LogP contribution in [0.4, 0.5) is 0 Å². The molecule has 0 fully saturated rings. The largest absolute Gasteiger partial charge is 0.395 e. The average molecular weight is 304 g/mol. The molecule has 0 aliphatic heterocycles. The Hall–Kier alpha value is -1.10. The van der Waals surface area contributed by atoms with Gasteiger partial charge in [-0.25, -0.2) is 4.98 Å². The SMILES string of the molecule is CC(C)CNCc1cc2ccccc2nc1SC(C)CO. The molecule has 1 unspecified atom stereocenters. The number of aromatic nitrogens is 1. The van der Waals surface area contributed by atoms with Gasteiger partial charge in [-0.15, -0.1) is 11.8 Å². The average Bonchev–Trinajstić information content (AvgIpc) is 2.47.